The lowest BCUT2D eigenvalue weighted by atomic mass is 10.0. The van der Waals surface area contributed by atoms with Gasteiger partial charge in [-0.2, -0.15) is 0 Å². The smallest absolute Gasteiger partial charge is 0.106 e. The van der Waals surface area contributed by atoms with Crippen LogP contribution in [0.2, 0.25) is 0 Å². The van der Waals surface area contributed by atoms with Gasteiger partial charge in [-0.15, -0.1) is 13.2 Å². The maximum absolute atomic E-state index is 4.45. The predicted molar refractivity (Wildman–Crippen MR) is 197 cm³/mol. The van der Waals surface area contributed by atoms with Crippen molar-refractivity contribution in [1.82, 2.24) is 0 Å². The summed E-state index contributed by atoms with van der Waals surface area (Å²) in [5, 5.41) is 13.1. The summed E-state index contributed by atoms with van der Waals surface area (Å²) in [7, 11) is -4.92. The minimum Gasteiger partial charge on any atom is -0.106 e. The molecule has 0 heterocycles. The largest absolute Gasteiger partial charge is 0.171 e. The second kappa shape index (κ2) is 11.6. The van der Waals surface area contributed by atoms with E-state index < -0.39 is 16.1 Å². The second-order valence-electron chi connectivity index (χ2n) is 11.5. The molecular formula is C42H34Si2. The third kappa shape index (κ3) is 4.51. The van der Waals surface area contributed by atoms with Crippen LogP contribution in [0.4, 0.5) is 0 Å². The molecule has 0 amide bonds. The van der Waals surface area contributed by atoms with Crippen LogP contribution in [0.5, 0.6) is 0 Å². The Labute approximate surface area is 262 Å². The molecule has 2 heteroatoms. The summed E-state index contributed by atoms with van der Waals surface area (Å²) in [6.45, 7) is 8.91. The highest BCUT2D eigenvalue weighted by atomic mass is 28.3. The number of hydrogen-bond donors (Lipinski definition) is 0. The Kier molecular flexibility index (Phi) is 7.31. The quantitative estimate of drug-likeness (QED) is 0.109. The van der Waals surface area contributed by atoms with E-state index >= 15 is 0 Å². The molecule has 0 bridgehead atoms. The van der Waals surface area contributed by atoms with E-state index in [1.807, 2.05) is 0 Å². The molecule has 0 atom stereocenters. The molecule has 0 fully saturated rings. The minimum absolute atomic E-state index is 1.25. The van der Waals surface area contributed by atoms with E-state index in [2.05, 4.69) is 194 Å². The minimum atomic E-state index is -2.46. The molecule has 0 aliphatic heterocycles. The first-order valence-corrected chi connectivity index (χ1v) is 19.3. The van der Waals surface area contributed by atoms with Crippen molar-refractivity contribution < 1.29 is 0 Å². The molecule has 0 radical (unpaired) electrons. The van der Waals surface area contributed by atoms with E-state index in [1.165, 1.54) is 52.7 Å². The van der Waals surface area contributed by atoms with E-state index in [1.54, 1.807) is 0 Å². The summed E-state index contributed by atoms with van der Waals surface area (Å²) in [6.07, 6.45) is 0. The molecule has 44 heavy (non-hydrogen) atoms. The van der Waals surface area contributed by atoms with Gasteiger partial charge in [-0.05, 0) is 64.8 Å². The maximum Gasteiger partial charge on any atom is 0.171 e. The van der Waals surface area contributed by atoms with E-state index in [9.17, 15) is 0 Å². The van der Waals surface area contributed by atoms with Gasteiger partial charge in [0.15, 0.2) is 16.1 Å². The fourth-order valence-electron chi connectivity index (χ4n) is 7.00. The van der Waals surface area contributed by atoms with Crippen molar-refractivity contribution >= 4 is 68.8 Å². The average Bonchev–Trinajstić information content (AvgIpc) is 3.10. The molecule has 0 saturated heterocycles. The Bertz CT molecular complexity index is 1850. The SMILES string of the molecule is C=C[Si](c1ccccc1)(c1ccccc1)c1ccc2cc3ccc([Si](C=C)(c4ccccc4)c4ccccc4)cc3cc2c1. The van der Waals surface area contributed by atoms with E-state index in [4.69, 9.17) is 0 Å². The Morgan fingerprint density at radius 1 is 0.295 bits per heavy atom. The maximum atomic E-state index is 4.45. The number of fused-ring (bicyclic) bond motifs is 2. The van der Waals surface area contributed by atoms with Gasteiger partial charge >= 0.3 is 0 Å². The van der Waals surface area contributed by atoms with Gasteiger partial charge in [-0.3, -0.25) is 0 Å². The number of hydrogen-bond acceptors (Lipinski definition) is 0. The van der Waals surface area contributed by atoms with Gasteiger partial charge in [0.2, 0.25) is 0 Å². The van der Waals surface area contributed by atoms with Crippen LogP contribution in [-0.4, -0.2) is 16.1 Å². The van der Waals surface area contributed by atoms with Gasteiger partial charge in [-0.25, -0.2) is 0 Å². The van der Waals surface area contributed by atoms with Crippen molar-refractivity contribution in [1.29, 1.82) is 0 Å². The fourth-order valence-corrected chi connectivity index (χ4v) is 14.7. The molecule has 0 spiro atoms. The van der Waals surface area contributed by atoms with Gasteiger partial charge in [-0.1, -0.05) is 169 Å². The van der Waals surface area contributed by atoms with Crippen LogP contribution in [0.15, 0.2) is 194 Å². The van der Waals surface area contributed by atoms with Crippen molar-refractivity contribution in [2.24, 2.45) is 0 Å². The Balaban J connectivity index is 1.44. The molecule has 0 N–H and O–H groups in total. The lowest BCUT2D eigenvalue weighted by Gasteiger charge is -2.31. The third-order valence-corrected chi connectivity index (χ3v) is 17.9. The molecule has 0 unspecified atom stereocenters. The normalized spacial score (nSPS) is 11.8. The zero-order valence-electron chi connectivity index (χ0n) is 24.7. The van der Waals surface area contributed by atoms with Crippen LogP contribution in [0.3, 0.4) is 0 Å². The van der Waals surface area contributed by atoms with Crippen LogP contribution in [0, 0.1) is 0 Å². The van der Waals surface area contributed by atoms with Crippen molar-refractivity contribution in [3.8, 4) is 0 Å². The lowest BCUT2D eigenvalue weighted by molar-refractivity contribution is 1.69. The summed E-state index contributed by atoms with van der Waals surface area (Å²) in [5.74, 6) is 0. The van der Waals surface area contributed by atoms with E-state index in [0.29, 0.717) is 0 Å². The van der Waals surface area contributed by atoms with Crippen molar-refractivity contribution in [2.75, 3.05) is 0 Å². The van der Waals surface area contributed by atoms with Gasteiger partial charge < -0.3 is 0 Å². The molecule has 0 aliphatic rings. The zero-order chi connectivity index (χ0) is 30.0. The molecule has 0 aromatic heterocycles. The molecule has 0 aliphatic carbocycles. The average molecular weight is 595 g/mol. The Hall–Kier alpha value is -5.03. The summed E-state index contributed by atoms with van der Waals surface area (Å²) in [5.41, 5.74) is 4.48. The van der Waals surface area contributed by atoms with Crippen LogP contribution >= 0.6 is 0 Å². The second-order valence-corrected chi connectivity index (χ2v) is 19.0. The number of rotatable bonds is 8. The zero-order valence-corrected chi connectivity index (χ0v) is 26.7. The molecule has 0 saturated carbocycles. The molecule has 210 valence electrons. The van der Waals surface area contributed by atoms with Crippen molar-refractivity contribution in [2.45, 2.75) is 0 Å². The van der Waals surface area contributed by atoms with Gasteiger partial charge in [0, 0.05) is 0 Å². The van der Waals surface area contributed by atoms with Gasteiger partial charge in [0.25, 0.3) is 0 Å². The van der Waals surface area contributed by atoms with Crippen molar-refractivity contribution in [3.63, 3.8) is 0 Å². The predicted octanol–water partition coefficient (Wildman–Crippen LogP) is 6.38. The third-order valence-electron chi connectivity index (χ3n) is 9.24. The summed E-state index contributed by atoms with van der Waals surface area (Å²) < 4.78 is 0. The molecule has 7 aromatic carbocycles. The van der Waals surface area contributed by atoms with Crippen molar-refractivity contribution in [3.05, 3.63) is 194 Å². The summed E-state index contributed by atoms with van der Waals surface area (Å²) in [4.78, 5) is 0. The first kappa shape index (κ1) is 27.8. The van der Waals surface area contributed by atoms with Crippen LogP contribution < -0.4 is 31.1 Å². The van der Waals surface area contributed by atoms with Crippen LogP contribution in [0.25, 0.3) is 21.5 Å². The highest BCUT2D eigenvalue weighted by Gasteiger charge is 2.37. The molecule has 7 aromatic rings. The highest BCUT2D eigenvalue weighted by molar-refractivity contribution is 7.15. The van der Waals surface area contributed by atoms with E-state index in [-0.39, 0.29) is 0 Å². The van der Waals surface area contributed by atoms with Gasteiger partial charge in [0.1, 0.15) is 0 Å². The van der Waals surface area contributed by atoms with Crippen LogP contribution in [0.1, 0.15) is 0 Å². The first-order chi connectivity index (χ1) is 21.7. The number of benzene rings is 7. The first-order valence-electron chi connectivity index (χ1n) is 15.2. The molecule has 0 nitrogen and oxygen atoms in total. The van der Waals surface area contributed by atoms with Gasteiger partial charge in [0.05, 0.1) is 0 Å². The molecular weight excluding hydrogens is 561 g/mol. The lowest BCUT2D eigenvalue weighted by Crippen LogP contribution is -2.65. The standard InChI is InChI=1S/C42H34Si2/c1-3-43(37-17-9-5-10-18-37,38-19-11-6-12-20-38)41-27-25-33-29-34-26-28-42(32-36(34)30-35(33)31-41)44(4-2,39-21-13-7-14-22-39)40-23-15-8-16-24-40/h3-32H,1-2H2. The highest BCUT2D eigenvalue weighted by Crippen LogP contribution is 2.24. The molecule has 7 rings (SSSR count). The Morgan fingerprint density at radius 2 is 0.591 bits per heavy atom. The van der Waals surface area contributed by atoms with Crippen LogP contribution in [-0.2, 0) is 0 Å². The Morgan fingerprint density at radius 3 is 0.886 bits per heavy atom. The summed E-state index contributed by atoms with van der Waals surface area (Å²) >= 11 is 0. The van der Waals surface area contributed by atoms with E-state index in [0.717, 1.165) is 0 Å². The summed E-state index contributed by atoms with van der Waals surface area (Å²) in [6, 6.07) is 62.5. The monoisotopic (exact) mass is 594 g/mol. The topological polar surface area (TPSA) is 0 Å². The fraction of sp³-hybridized carbons (Fsp3) is 0.